The molecule has 0 bridgehead atoms. The summed E-state index contributed by atoms with van der Waals surface area (Å²) < 4.78 is 5.75. The van der Waals surface area contributed by atoms with Gasteiger partial charge in [-0.3, -0.25) is 4.79 Å². The molecular weight excluding hydrogens is 326 g/mol. The van der Waals surface area contributed by atoms with Crippen molar-refractivity contribution < 1.29 is 9.53 Å². The van der Waals surface area contributed by atoms with Gasteiger partial charge in [0.2, 0.25) is 5.91 Å². The number of unbranched alkanes of at least 4 members (excludes halogenated alkanes) is 2. The Balaban J connectivity index is 1.89. The molecule has 0 spiro atoms. The van der Waals surface area contributed by atoms with Crippen LogP contribution in [0.2, 0.25) is 0 Å². The molecule has 0 aliphatic carbocycles. The minimum atomic E-state index is -0.317. The summed E-state index contributed by atoms with van der Waals surface area (Å²) in [5, 5.41) is 15.2. The zero-order valence-electron chi connectivity index (χ0n) is 15.3. The van der Waals surface area contributed by atoms with Crippen LogP contribution in [0, 0.1) is 11.3 Å². The van der Waals surface area contributed by atoms with Crippen molar-refractivity contribution in [1.29, 1.82) is 5.26 Å². The van der Waals surface area contributed by atoms with Crippen LogP contribution in [-0.2, 0) is 4.79 Å². The average molecular weight is 351 g/mol. The molecule has 5 nitrogen and oxygen atoms in total. The quantitative estimate of drug-likeness (QED) is 0.654. The third-order valence-electron chi connectivity index (χ3n) is 3.95. The third kappa shape index (κ3) is 5.82. The molecule has 0 aliphatic rings. The molecule has 1 amide bonds. The number of rotatable bonds is 9. The van der Waals surface area contributed by atoms with Crippen LogP contribution >= 0.6 is 0 Å². The fraction of sp³-hybridized carbons (Fsp3) is 0.333. The highest BCUT2D eigenvalue weighted by atomic mass is 16.5. The first-order chi connectivity index (χ1) is 12.6. The van der Waals surface area contributed by atoms with Crippen LogP contribution in [0.4, 0.5) is 5.69 Å². The van der Waals surface area contributed by atoms with E-state index in [0.29, 0.717) is 23.6 Å². The lowest BCUT2D eigenvalue weighted by molar-refractivity contribution is -0.121. The van der Waals surface area contributed by atoms with Gasteiger partial charge in [-0.05, 0) is 49.7 Å². The molecule has 2 rings (SSSR count). The van der Waals surface area contributed by atoms with E-state index >= 15 is 0 Å². The van der Waals surface area contributed by atoms with Gasteiger partial charge in [0.1, 0.15) is 23.6 Å². The predicted molar refractivity (Wildman–Crippen MR) is 103 cm³/mol. The normalized spacial score (nSPS) is 11.3. The van der Waals surface area contributed by atoms with Gasteiger partial charge in [0.25, 0.3) is 0 Å². The summed E-state index contributed by atoms with van der Waals surface area (Å²) in [7, 11) is 0. The van der Waals surface area contributed by atoms with Gasteiger partial charge in [-0.25, -0.2) is 0 Å². The molecule has 2 aromatic carbocycles. The molecule has 0 aliphatic heterocycles. The average Bonchev–Trinajstić information content (AvgIpc) is 2.67. The van der Waals surface area contributed by atoms with Crippen LogP contribution in [0.5, 0.6) is 11.5 Å². The van der Waals surface area contributed by atoms with Crippen molar-refractivity contribution in [2.45, 2.75) is 39.2 Å². The first-order valence-electron chi connectivity index (χ1n) is 8.95. The van der Waals surface area contributed by atoms with E-state index in [4.69, 9.17) is 10.00 Å². The highest BCUT2D eigenvalue weighted by Gasteiger charge is 2.12. The minimum absolute atomic E-state index is 0.00984. The Labute approximate surface area is 155 Å². The number of nitrogens with zero attached hydrogens (tertiary/aromatic N) is 1. The Morgan fingerprint density at radius 2 is 1.88 bits per heavy atom. The van der Waals surface area contributed by atoms with Crippen molar-refractivity contribution in [2.75, 3.05) is 11.9 Å². The van der Waals surface area contributed by atoms with E-state index in [2.05, 4.69) is 23.6 Å². The maximum atomic E-state index is 12.1. The lowest BCUT2D eigenvalue weighted by Crippen LogP contribution is -2.37. The molecule has 2 aromatic rings. The molecule has 26 heavy (non-hydrogen) atoms. The molecule has 0 heterocycles. The SMILES string of the molecule is CCCCCNC(=O)C(C)Nc1ccc(Oc2ccccc2C#N)cc1. The van der Waals surface area contributed by atoms with Crippen molar-refractivity contribution >= 4 is 11.6 Å². The van der Waals surface area contributed by atoms with Crippen LogP contribution in [0.15, 0.2) is 48.5 Å². The number of nitriles is 1. The number of carbonyl (C=O) groups is 1. The molecule has 5 heteroatoms. The van der Waals surface area contributed by atoms with E-state index in [1.165, 1.54) is 0 Å². The van der Waals surface area contributed by atoms with Gasteiger partial charge >= 0.3 is 0 Å². The van der Waals surface area contributed by atoms with Crippen LogP contribution in [0.25, 0.3) is 0 Å². The lowest BCUT2D eigenvalue weighted by Gasteiger charge is -2.15. The molecule has 1 unspecified atom stereocenters. The smallest absolute Gasteiger partial charge is 0.242 e. The Kier molecular flexibility index (Phi) is 7.50. The van der Waals surface area contributed by atoms with Crippen LogP contribution in [0.3, 0.4) is 0 Å². The molecule has 2 N–H and O–H groups in total. The summed E-state index contributed by atoms with van der Waals surface area (Å²) in [6.07, 6.45) is 3.26. The summed E-state index contributed by atoms with van der Waals surface area (Å²) >= 11 is 0. The number of amides is 1. The fourth-order valence-corrected chi connectivity index (χ4v) is 2.45. The Morgan fingerprint density at radius 3 is 2.58 bits per heavy atom. The number of anilines is 1. The maximum absolute atomic E-state index is 12.1. The molecule has 136 valence electrons. The maximum Gasteiger partial charge on any atom is 0.242 e. The van der Waals surface area contributed by atoms with Gasteiger partial charge in [-0.2, -0.15) is 5.26 Å². The number of ether oxygens (including phenoxy) is 1. The van der Waals surface area contributed by atoms with E-state index in [1.54, 1.807) is 18.2 Å². The van der Waals surface area contributed by atoms with E-state index in [1.807, 2.05) is 37.3 Å². The standard InChI is InChI=1S/C21H25N3O2/c1-3-4-7-14-23-21(25)16(2)24-18-10-12-19(13-11-18)26-20-9-6-5-8-17(20)15-22/h5-6,8-13,16,24H,3-4,7,14H2,1-2H3,(H,23,25). The van der Waals surface area contributed by atoms with Crippen molar-refractivity contribution in [2.24, 2.45) is 0 Å². The summed E-state index contributed by atoms with van der Waals surface area (Å²) in [5.74, 6) is 1.15. The van der Waals surface area contributed by atoms with E-state index in [9.17, 15) is 4.79 Å². The van der Waals surface area contributed by atoms with Crippen molar-refractivity contribution in [3.63, 3.8) is 0 Å². The van der Waals surface area contributed by atoms with E-state index in [0.717, 1.165) is 24.9 Å². The second-order valence-electron chi connectivity index (χ2n) is 6.10. The van der Waals surface area contributed by atoms with Gasteiger partial charge < -0.3 is 15.4 Å². The van der Waals surface area contributed by atoms with Gasteiger partial charge in [-0.15, -0.1) is 0 Å². The molecule has 0 radical (unpaired) electrons. The monoisotopic (exact) mass is 351 g/mol. The largest absolute Gasteiger partial charge is 0.456 e. The van der Waals surface area contributed by atoms with E-state index < -0.39 is 0 Å². The van der Waals surface area contributed by atoms with Gasteiger partial charge in [0.15, 0.2) is 0 Å². The van der Waals surface area contributed by atoms with Gasteiger partial charge in [0, 0.05) is 12.2 Å². The number of hydrogen-bond donors (Lipinski definition) is 2. The van der Waals surface area contributed by atoms with Crippen molar-refractivity contribution in [3.05, 3.63) is 54.1 Å². The molecule has 0 fully saturated rings. The summed E-state index contributed by atoms with van der Waals surface area (Å²) in [5.41, 5.74) is 1.32. The van der Waals surface area contributed by atoms with Gasteiger partial charge in [0.05, 0.1) is 5.56 Å². The second-order valence-corrected chi connectivity index (χ2v) is 6.10. The Morgan fingerprint density at radius 1 is 1.15 bits per heavy atom. The highest BCUT2D eigenvalue weighted by Crippen LogP contribution is 2.25. The minimum Gasteiger partial charge on any atom is -0.456 e. The predicted octanol–water partition coefficient (Wildman–Crippen LogP) is 4.46. The lowest BCUT2D eigenvalue weighted by atomic mass is 10.2. The molecular formula is C21H25N3O2. The number of hydrogen-bond acceptors (Lipinski definition) is 4. The molecule has 0 saturated heterocycles. The molecule has 0 saturated carbocycles. The van der Waals surface area contributed by atoms with Crippen LogP contribution < -0.4 is 15.4 Å². The highest BCUT2D eigenvalue weighted by molar-refractivity contribution is 5.84. The number of nitrogens with one attached hydrogen (secondary N) is 2. The van der Waals surface area contributed by atoms with Crippen LogP contribution in [-0.4, -0.2) is 18.5 Å². The van der Waals surface area contributed by atoms with Crippen LogP contribution in [0.1, 0.15) is 38.7 Å². The number of para-hydroxylation sites is 1. The Bertz CT molecular complexity index is 751. The molecule has 0 aromatic heterocycles. The summed E-state index contributed by atoms with van der Waals surface area (Å²) in [6.45, 7) is 4.69. The zero-order valence-corrected chi connectivity index (χ0v) is 15.3. The van der Waals surface area contributed by atoms with Crippen molar-refractivity contribution in [1.82, 2.24) is 5.32 Å². The van der Waals surface area contributed by atoms with E-state index in [-0.39, 0.29) is 11.9 Å². The summed E-state index contributed by atoms with van der Waals surface area (Å²) in [6, 6.07) is 16.2. The number of benzene rings is 2. The third-order valence-corrected chi connectivity index (χ3v) is 3.95. The van der Waals surface area contributed by atoms with Crippen molar-refractivity contribution in [3.8, 4) is 17.6 Å². The fourth-order valence-electron chi connectivity index (χ4n) is 2.45. The first-order valence-corrected chi connectivity index (χ1v) is 8.95. The zero-order chi connectivity index (χ0) is 18.8. The second kappa shape index (κ2) is 10.1. The Hall–Kier alpha value is -3.00. The van der Waals surface area contributed by atoms with Gasteiger partial charge in [-0.1, -0.05) is 31.9 Å². The first kappa shape index (κ1) is 19.3. The molecule has 1 atom stereocenters. The summed E-state index contributed by atoms with van der Waals surface area (Å²) in [4.78, 5) is 12.1. The number of carbonyl (C=O) groups excluding carboxylic acids is 1. The topological polar surface area (TPSA) is 74.2 Å².